The number of nitrogens with zero attached hydrogens (tertiary/aromatic N) is 3. The van der Waals surface area contributed by atoms with Gasteiger partial charge in [-0.1, -0.05) is 12.1 Å². The number of pyridine rings is 1. The lowest BCUT2D eigenvalue weighted by atomic mass is 10.0. The van der Waals surface area contributed by atoms with Crippen LogP contribution in [0.3, 0.4) is 0 Å². The number of rotatable bonds is 2. The van der Waals surface area contributed by atoms with Gasteiger partial charge < -0.3 is 9.64 Å². The van der Waals surface area contributed by atoms with E-state index in [-0.39, 0.29) is 0 Å². The molecule has 2 heterocycles. The Morgan fingerprint density at radius 1 is 1.24 bits per heavy atom. The molecule has 4 nitrogen and oxygen atoms in total. The van der Waals surface area contributed by atoms with E-state index in [1.54, 1.807) is 12.3 Å². The summed E-state index contributed by atoms with van der Waals surface area (Å²) in [6.45, 7) is 5.29. The molecule has 1 aliphatic heterocycles. The number of benzene rings is 1. The molecule has 3 rings (SSSR count). The van der Waals surface area contributed by atoms with E-state index in [2.05, 4.69) is 41.1 Å². The number of aromatic nitrogens is 1. The van der Waals surface area contributed by atoms with E-state index in [1.165, 1.54) is 5.56 Å². The highest BCUT2D eigenvalue weighted by Gasteiger charge is 2.18. The van der Waals surface area contributed by atoms with Crippen LogP contribution in [-0.4, -0.2) is 31.3 Å². The van der Waals surface area contributed by atoms with Gasteiger partial charge in [-0.15, -0.1) is 0 Å². The first kappa shape index (κ1) is 13.6. The minimum absolute atomic E-state index is 0.607. The highest BCUT2D eigenvalue weighted by Crippen LogP contribution is 2.32. The van der Waals surface area contributed by atoms with Crippen LogP contribution in [0.1, 0.15) is 11.1 Å². The van der Waals surface area contributed by atoms with Crippen LogP contribution in [0, 0.1) is 18.3 Å². The van der Waals surface area contributed by atoms with Crippen LogP contribution in [0.5, 0.6) is 0 Å². The molecule has 1 aromatic carbocycles. The predicted molar refractivity (Wildman–Crippen MR) is 82.2 cm³/mol. The minimum Gasteiger partial charge on any atom is -0.378 e. The van der Waals surface area contributed by atoms with Crippen molar-refractivity contribution in [3.05, 3.63) is 47.7 Å². The van der Waals surface area contributed by atoms with Gasteiger partial charge in [-0.05, 0) is 30.7 Å². The van der Waals surface area contributed by atoms with Crippen molar-refractivity contribution in [2.75, 3.05) is 31.2 Å². The van der Waals surface area contributed by atoms with Crippen molar-refractivity contribution in [1.82, 2.24) is 4.98 Å². The van der Waals surface area contributed by atoms with Crippen molar-refractivity contribution < 1.29 is 4.74 Å². The van der Waals surface area contributed by atoms with Crippen LogP contribution in [0.2, 0.25) is 0 Å². The number of nitriles is 1. The van der Waals surface area contributed by atoms with E-state index in [4.69, 9.17) is 4.74 Å². The van der Waals surface area contributed by atoms with Crippen LogP contribution in [-0.2, 0) is 4.74 Å². The summed E-state index contributed by atoms with van der Waals surface area (Å²) in [5.41, 5.74) is 4.71. The summed E-state index contributed by atoms with van der Waals surface area (Å²) in [6.07, 6.45) is 1.74. The van der Waals surface area contributed by atoms with E-state index in [1.807, 2.05) is 6.07 Å². The predicted octanol–water partition coefficient (Wildman–Crippen LogP) is 2.77. The Morgan fingerprint density at radius 3 is 2.81 bits per heavy atom. The molecule has 1 saturated heterocycles. The number of morpholine rings is 1. The van der Waals surface area contributed by atoms with Gasteiger partial charge >= 0.3 is 0 Å². The summed E-state index contributed by atoms with van der Waals surface area (Å²) >= 11 is 0. The Kier molecular flexibility index (Phi) is 3.85. The molecule has 106 valence electrons. The maximum absolute atomic E-state index is 9.31. The second-order valence-electron chi connectivity index (χ2n) is 5.13. The molecule has 0 N–H and O–H groups in total. The number of anilines is 1. The summed E-state index contributed by atoms with van der Waals surface area (Å²) in [5, 5.41) is 9.31. The molecule has 0 amide bonds. The lowest BCUT2D eigenvalue weighted by molar-refractivity contribution is 0.123. The SMILES string of the molecule is Cc1ccc(-c2ncccc2C#N)c(N2CCOCC2)c1. The fourth-order valence-corrected chi connectivity index (χ4v) is 2.62. The number of ether oxygens (including phenoxy) is 1. The third-order valence-electron chi connectivity index (χ3n) is 3.69. The van der Waals surface area contributed by atoms with Crippen LogP contribution in [0.4, 0.5) is 5.69 Å². The fourth-order valence-electron chi connectivity index (χ4n) is 2.62. The van der Waals surface area contributed by atoms with E-state index in [9.17, 15) is 5.26 Å². The van der Waals surface area contributed by atoms with Gasteiger partial charge in [0.1, 0.15) is 6.07 Å². The van der Waals surface area contributed by atoms with Gasteiger partial charge in [-0.3, -0.25) is 4.98 Å². The Labute approximate surface area is 124 Å². The second kappa shape index (κ2) is 5.94. The zero-order chi connectivity index (χ0) is 14.7. The van der Waals surface area contributed by atoms with Crippen molar-refractivity contribution in [2.24, 2.45) is 0 Å². The van der Waals surface area contributed by atoms with Crippen LogP contribution in [0.25, 0.3) is 11.3 Å². The standard InChI is InChI=1S/C17H17N3O/c1-13-4-5-15(17-14(12-18)3-2-6-19-17)16(11-13)20-7-9-21-10-8-20/h2-6,11H,7-10H2,1H3. The normalized spacial score (nSPS) is 14.8. The van der Waals surface area contributed by atoms with Crippen molar-refractivity contribution >= 4 is 5.69 Å². The smallest absolute Gasteiger partial charge is 0.101 e. The van der Waals surface area contributed by atoms with Gasteiger partial charge in [0.05, 0.1) is 24.5 Å². The van der Waals surface area contributed by atoms with Crippen LogP contribution in [0.15, 0.2) is 36.5 Å². The van der Waals surface area contributed by atoms with E-state index >= 15 is 0 Å². The quantitative estimate of drug-likeness (QED) is 0.848. The molecule has 1 aliphatic rings. The molecule has 0 unspecified atom stereocenters. The number of hydrogen-bond donors (Lipinski definition) is 0. The molecule has 2 aromatic rings. The Bertz CT molecular complexity index is 685. The number of aryl methyl sites for hydroxylation is 1. The topological polar surface area (TPSA) is 49.2 Å². The first-order chi connectivity index (χ1) is 10.3. The second-order valence-corrected chi connectivity index (χ2v) is 5.13. The average Bonchev–Trinajstić information content (AvgIpc) is 2.55. The average molecular weight is 279 g/mol. The van der Waals surface area contributed by atoms with Gasteiger partial charge in [0, 0.05) is 30.5 Å². The first-order valence-corrected chi connectivity index (χ1v) is 7.08. The van der Waals surface area contributed by atoms with Crippen molar-refractivity contribution in [3.63, 3.8) is 0 Å². The number of hydrogen-bond acceptors (Lipinski definition) is 4. The maximum atomic E-state index is 9.31. The van der Waals surface area contributed by atoms with Crippen LogP contribution < -0.4 is 4.90 Å². The van der Waals surface area contributed by atoms with Crippen molar-refractivity contribution in [2.45, 2.75) is 6.92 Å². The minimum atomic E-state index is 0.607. The van der Waals surface area contributed by atoms with Gasteiger partial charge in [0.25, 0.3) is 0 Å². The molecule has 0 atom stereocenters. The summed E-state index contributed by atoms with van der Waals surface area (Å²) < 4.78 is 5.43. The monoisotopic (exact) mass is 279 g/mol. The summed E-state index contributed by atoms with van der Waals surface area (Å²) in [6, 6.07) is 12.1. The van der Waals surface area contributed by atoms with Gasteiger partial charge in [0.2, 0.25) is 0 Å². The summed E-state index contributed by atoms with van der Waals surface area (Å²) in [7, 11) is 0. The van der Waals surface area contributed by atoms with Gasteiger partial charge in [0.15, 0.2) is 0 Å². The summed E-state index contributed by atoms with van der Waals surface area (Å²) in [5.74, 6) is 0. The molecule has 0 radical (unpaired) electrons. The maximum Gasteiger partial charge on any atom is 0.101 e. The molecule has 1 aromatic heterocycles. The molecule has 0 saturated carbocycles. The third kappa shape index (κ3) is 2.74. The van der Waals surface area contributed by atoms with Gasteiger partial charge in [-0.25, -0.2) is 0 Å². The lowest BCUT2D eigenvalue weighted by Gasteiger charge is -2.31. The molecule has 21 heavy (non-hydrogen) atoms. The first-order valence-electron chi connectivity index (χ1n) is 7.08. The van der Waals surface area contributed by atoms with E-state index in [0.717, 1.165) is 43.2 Å². The Balaban J connectivity index is 2.12. The highest BCUT2D eigenvalue weighted by molar-refractivity contribution is 5.80. The molecular weight excluding hydrogens is 262 g/mol. The lowest BCUT2D eigenvalue weighted by Crippen LogP contribution is -2.36. The highest BCUT2D eigenvalue weighted by atomic mass is 16.5. The van der Waals surface area contributed by atoms with Crippen molar-refractivity contribution in [1.29, 1.82) is 5.26 Å². The van der Waals surface area contributed by atoms with Crippen LogP contribution >= 0.6 is 0 Å². The van der Waals surface area contributed by atoms with E-state index in [0.29, 0.717) is 5.56 Å². The molecule has 4 heteroatoms. The van der Waals surface area contributed by atoms with E-state index < -0.39 is 0 Å². The molecule has 0 aliphatic carbocycles. The zero-order valence-electron chi connectivity index (χ0n) is 12.0. The molecule has 1 fully saturated rings. The zero-order valence-corrected chi connectivity index (χ0v) is 12.0. The fraction of sp³-hybridized carbons (Fsp3) is 0.294. The summed E-state index contributed by atoms with van der Waals surface area (Å²) in [4.78, 5) is 6.73. The Morgan fingerprint density at radius 2 is 2.05 bits per heavy atom. The van der Waals surface area contributed by atoms with Crippen molar-refractivity contribution in [3.8, 4) is 17.3 Å². The molecule has 0 bridgehead atoms. The molecule has 0 spiro atoms. The largest absolute Gasteiger partial charge is 0.378 e. The third-order valence-corrected chi connectivity index (χ3v) is 3.69. The molecular formula is C17H17N3O. The Hall–Kier alpha value is -2.38. The van der Waals surface area contributed by atoms with Gasteiger partial charge in [-0.2, -0.15) is 5.26 Å².